The summed E-state index contributed by atoms with van der Waals surface area (Å²) in [6.07, 6.45) is 2.62. The normalized spacial score (nSPS) is 12.1. The summed E-state index contributed by atoms with van der Waals surface area (Å²) >= 11 is 1.63. The summed E-state index contributed by atoms with van der Waals surface area (Å²) in [4.78, 5) is 23.0. The lowest BCUT2D eigenvalue weighted by Gasteiger charge is -2.17. The highest BCUT2D eigenvalue weighted by Gasteiger charge is 2.14. The van der Waals surface area contributed by atoms with Crippen molar-refractivity contribution in [2.24, 2.45) is 10.8 Å². The second-order valence-corrected chi connectivity index (χ2v) is 9.40. The molecule has 0 aliphatic rings. The molecule has 0 fully saturated rings. The van der Waals surface area contributed by atoms with E-state index in [1.165, 1.54) is 0 Å². The Kier molecular flexibility index (Phi) is 10.6. The standard InChI is InChI=1S/C18H34O4S/c1-17(2,3)9-7-15(19)21-11-13-23-14-12-22-16(20)8-10-18(4,5)6/h7-14H2,1-6H3. The highest BCUT2D eigenvalue weighted by atomic mass is 32.2. The molecule has 0 atom stereocenters. The van der Waals surface area contributed by atoms with Crippen molar-refractivity contribution < 1.29 is 19.1 Å². The van der Waals surface area contributed by atoms with Crippen LogP contribution in [0.3, 0.4) is 0 Å². The molecule has 0 saturated heterocycles. The molecule has 23 heavy (non-hydrogen) atoms. The van der Waals surface area contributed by atoms with Crippen LogP contribution in [0.4, 0.5) is 0 Å². The van der Waals surface area contributed by atoms with E-state index in [0.29, 0.717) is 26.1 Å². The lowest BCUT2D eigenvalue weighted by atomic mass is 9.91. The van der Waals surface area contributed by atoms with Crippen molar-refractivity contribution in [3.63, 3.8) is 0 Å². The van der Waals surface area contributed by atoms with Gasteiger partial charge in [-0.3, -0.25) is 9.59 Å². The van der Waals surface area contributed by atoms with E-state index >= 15 is 0 Å². The molecular formula is C18H34O4S. The quantitative estimate of drug-likeness (QED) is 0.432. The van der Waals surface area contributed by atoms with Crippen LogP contribution in [-0.4, -0.2) is 36.7 Å². The van der Waals surface area contributed by atoms with Crippen LogP contribution in [0.5, 0.6) is 0 Å². The molecule has 0 aliphatic carbocycles. The first-order chi connectivity index (χ1) is 10.5. The zero-order valence-corrected chi connectivity index (χ0v) is 16.5. The Morgan fingerprint density at radius 3 is 1.39 bits per heavy atom. The van der Waals surface area contributed by atoms with Gasteiger partial charge in [-0.15, -0.1) is 0 Å². The van der Waals surface area contributed by atoms with Crippen LogP contribution in [0, 0.1) is 10.8 Å². The van der Waals surface area contributed by atoms with Gasteiger partial charge in [0.1, 0.15) is 13.2 Å². The van der Waals surface area contributed by atoms with Gasteiger partial charge >= 0.3 is 11.9 Å². The minimum atomic E-state index is -0.130. The number of hydrogen-bond donors (Lipinski definition) is 0. The van der Waals surface area contributed by atoms with Crippen molar-refractivity contribution in [1.82, 2.24) is 0 Å². The maximum Gasteiger partial charge on any atom is 0.305 e. The third-order valence-electron chi connectivity index (χ3n) is 3.14. The Balaban J connectivity index is 3.46. The van der Waals surface area contributed by atoms with E-state index in [2.05, 4.69) is 41.5 Å². The molecular weight excluding hydrogens is 312 g/mol. The Morgan fingerprint density at radius 1 is 0.739 bits per heavy atom. The summed E-state index contributed by atoms with van der Waals surface area (Å²) in [5, 5.41) is 0. The van der Waals surface area contributed by atoms with Crippen LogP contribution in [0.25, 0.3) is 0 Å². The Labute approximate surface area is 146 Å². The average molecular weight is 347 g/mol. The zero-order chi connectivity index (χ0) is 17.9. The number of ether oxygens (including phenoxy) is 2. The third-order valence-corrected chi connectivity index (χ3v) is 4.05. The molecule has 0 heterocycles. The molecule has 4 nitrogen and oxygen atoms in total. The van der Waals surface area contributed by atoms with E-state index in [0.717, 1.165) is 24.3 Å². The Bertz CT molecular complexity index is 319. The molecule has 0 bridgehead atoms. The first-order valence-corrected chi connectivity index (χ1v) is 9.54. The summed E-state index contributed by atoms with van der Waals surface area (Å²) < 4.78 is 10.3. The van der Waals surface area contributed by atoms with Gasteiger partial charge in [-0.1, -0.05) is 41.5 Å². The van der Waals surface area contributed by atoms with E-state index in [9.17, 15) is 9.59 Å². The van der Waals surface area contributed by atoms with Gasteiger partial charge in [0.05, 0.1) is 0 Å². The van der Waals surface area contributed by atoms with Crippen LogP contribution >= 0.6 is 11.8 Å². The minimum absolute atomic E-state index is 0.130. The first-order valence-electron chi connectivity index (χ1n) is 8.39. The average Bonchev–Trinajstić information content (AvgIpc) is 2.40. The fourth-order valence-electron chi connectivity index (χ4n) is 1.63. The van der Waals surface area contributed by atoms with Crippen molar-refractivity contribution in [2.45, 2.75) is 67.2 Å². The second kappa shape index (κ2) is 11.0. The summed E-state index contributed by atoms with van der Waals surface area (Å²) in [7, 11) is 0. The molecule has 0 radical (unpaired) electrons. The van der Waals surface area contributed by atoms with Crippen LogP contribution in [0.15, 0.2) is 0 Å². The van der Waals surface area contributed by atoms with Gasteiger partial charge in [0.15, 0.2) is 0 Å². The van der Waals surface area contributed by atoms with Gasteiger partial charge in [0, 0.05) is 24.3 Å². The molecule has 0 rings (SSSR count). The number of rotatable bonds is 10. The van der Waals surface area contributed by atoms with Gasteiger partial charge in [-0.25, -0.2) is 0 Å². The number of carbonyl (C=O) groups is 2. The molecule has 0 unspecified atom stereocenters. The monoisotopic (exact) mass is 346 g/mol. The highest BCUT2D eigenvalue weighted by molar-refractivity contribution is 7.99. The van der Waals surface area contributed by atoms with Crippen molar-refractivity contribution in [2.75, 3.05) is 24.7 Å². The van der Waals surface area contributed by atoms with Gasteiger partial charge in [-0.05, 0) is 23.7 Å². The van der Waals surface area contributed by atoms with Crippen molar-refractivity contribution in [3.8, 4) is 0 Å². The lowest BCUT2D eigenvalue weighted by molar-refractivity contribution is -0.144. The van der Waals surface area contributed by atoms with Gasteiger partial charge in [0.25, 0.3) is 0 Å². The van der Waals surface area contributed by atoms with E-state index in [-0.39, 0.29) is 22.8 Å². The van der Waals surface area contributed by atoms with Crippen molar-refractivity contribution in [1.29, 1.82) is 0 Å². The third kappa shape index (κ3) is 17.5. The number of carbonyl (C=O) groups excluding carboxylic acids is 2. The molecule has 0 aromatic heterocycles. The fourth-order valence-corrected chi connectivity index (χ4v) is 2.24. The number of thioether (sulfide) groups is 1. The van der Waals surface area contributed by atoms with E-state index in [1.807, 2.05) is 0 Å². The summed E-state index contributed by atoms with van der Waals surface area (Å²) in [6.45, 7) is 13.5. The summed E-state index contributed by atoms with van der Waals surface area (Å²) in [6, 6.07) is 0. The predicted octanol–water partition coefficient (Wildman–Crippen LogP) is 4.46. The summed E-state index contributed by atoms with van der Waals surface area (Å²) in [5.74, 6) is 1.21. The fraction of sp³-hybridized carbons (Fsp3) is 0.889. The Morgan fingerprint density at radius 2 is 1.09 bits per heavy atom. The maximum absolute atomic E-state index is 11.5. The second-order valence-electron chi connectivity index (χ2n) is 8.17. The molecule has 0 amide bonds. The van der Waals surface area contributed by atoms with Crippen LogP contribution in [0.1, 0.15) is 67.2 Å². The molecule has 0 saturated carbocycles. The molecule has 5 heteroatoms. The molecule has 0 aromatic carbocycles. The minimum Gasteiger partial charge on any atom is -0.465 e. The summed E-state index contributed by atoms with van der Waals surface area (Å²) in [5.41, 5.74) is 0.315. The maximum atomic E-state index is 11.5. The molecule has 0 aromatic rings. The SMILES string of the molecule is CC(C)(C)CCC(=O)OCCSCCOC(=O)CCC(C)(C)C. The van der Waals surface area contributed by atoms with Gasteiger partial charge in [-0.2, -0.15) is 11.8 Å². The Hall–Kier alpha value is -0.710. The van der Waals surface area contributed by atoms with E-state index < -0.39 is 0 Å². The molecule has 0 aliphatic heterocycles. The molecule has 136 valence electrons. The van der Waals surface area contributed by atoms with E-state index in [4.69, 9.17) is 9.47 Å². The highest BCUT2D eigenvalue weighted by Crippen LogP contribution is 2.21. The lowest BCUT2D eigenvalue weighted by Crippen LogP contribution is -2.13. The van der Waals surface area contributed by atoms with Crippen molar-refractivity contribution >= 4 is 23.7 Å². The largest absolute Gasteiger partial charge is 0.465 e. The van der Waals surface area contributed by atoms with Crippen LogP contribution in [-0.2, 0) is 19.1 Å². The van der Waals surface area contributed by atoms with Crippen LogP contribution in [0.2, 0.25) is 0 Å². The zero-order valence-electron chi connectivity index (χ0n) is 15.7. The number of hydrogen-bond acceptors (Lipinski definition) is 5. The van der Waals surface area contributed by atoms with E-state index in [1.54, 1.807) is 11.8 Å². The van der Waals surface area contributed by atoms with Crippen molar-refractivity contribution in [3.05, 3.63) is 0 Å². The number of esters is 2. The first kappa shape index (κ1) is 22.3. The molecule has 0 spiro atoms. The molecule has 0 N–H and O–H groups in total. The van der Waals surface area contributed by atoms with Gasteiger partial charge in [0.2, 0.25) is 0 Å². The topological polar surface area (TPSA) is 52.6 Å². The van der Waals surface area contributed by atoms with Gasteiger partial charge < -0.3 is 9.47 Å². The smallest absolute Gasteiger partial charge is 0.305 e. The predicted molar refractivity (Wildman–Crippen MR) is 96.6 cm³/mol. The van der Waals surface area contributed by atoms with Crippen LogP contribution < -0.4 is 0 Å².